The number of carbonyl (C=O) groups excluding carboxylic acids is 1. The molecule has 0 fully saturated rings. The SMILES string of the molecule is C=CCCC(CCC(C)CCOC(C)=O)C(C)(C)O. The van der Waals surface area contributed by atoms with Crippen molar-refractivity contribution in [3.63, 3.8) is 0 Å². The first-order valence-electron chi connectivity index (χ1n) is 7.24. The number of aliphatic hydroxyl groups is 1. The van der Waals surface area contributed by atoms with Crippen LogP contribution in [0.4, 0.5) is 0 Å². The van der Waals surface area contributed by atoms with Gasteiger partial charge in [-0.1, -0.05) is 19.4 Å². The molecule has 0 aliphatic carbocycles. The van der Waals surface area contributed by atoms with E-state index in [9.17, 15) is 9.90 Å². The highest BCUT2D eigenvalue weighted by Gasteiger charge is 2.26. The third kappa shape index (κ3) is 9.71. The van der Waals surface area contributed by atoms with Crippen molar-refractivity contribution < 1.29 is 14.6 Å². The van der Waals surface area contributed by atoms with Crippen LogP contribution in [0.3, 0.4) is 0 Å². The first-order valence-corrected chi connectivity index (χ1v) is 7.24. The fraction of sp³-hybridized carbons (Fsp3) is 0.812. The van der Waals surface area contributed by atoms with Crippen LogP contribution in [0.5, 0.6) is 0 Å². The van der Waals surface area contributed by atoms with Crippen molar-refractivity contribution in [2.45, 2.75) is 65.4 Å². The maximum Gasteiger partial charge on any atom is 0.302 e. The minimum absolute atomic E-state index is 0.215. The summed E-state index contributed by atoms with van der Waals surface area (Å²) < 4.78 is 4.95. The Labute approximate surface area is 118 Å². The van der Waals surface area contributed by atoms with Crippen molar-refractivity contribution in [3.8, 4) is 0 Å². The molecule has 0 aromatic rings. The van der Waals surface area contributed by atoms with Crippen LogP contribution in [0.15, 0.2) is 12.7 Å². The van der Waals surface area contributed by atoms with Gasteiger partial charge in [-0.3, -0.25) is 4.79 Å². The van der Waals surface area contributed by atoms with Gasteiger partial charge in [-0.2, -0.15) is 0 Å². The average Bonchev–Trinajstić information content (AvgIpc) is 2.26. The normalized spacial score (nSPS) is 14.8. The lowest BCUT2D eigenvalue weighted by Gasteiger charge is -2.30. The predicted molar refractivity (Wildman–Crippen MR) is 78.9 cm³/mol. The molecule has 112 valence electrons. The molecule has 0 saturated carbocycles. The molecule has 0 spiro atoms. The van der Waals surface area contributed by atoms with Crippen LogP contribution in [0, 0.1) is 11.8 Å². The molecule has 0 amide bonds. The molecule has 0 aliphatic heterocycles. The monoisotopic (exact) mass is 270 g/mol. The fourth-order valence-electron chi connectivity index (χ4n) is 2.20. The van der Waals surface area contributed by atoms with Gasteiger partial charge in [0.1, 0.15) is 0 Å². The van der Waals surface area contributed by atoms with E-state index in [0.717, 1.165) is 32.1 Å². The summed E-state index contributed by atoms with van der Waals surface area (Å²) in [5.41, 5.74) is -0.640. The highest BCUT2D eigenvalue weighted by Crippen LogP contribution is 2.28. The van der Waals surface area contributed by atoms with Crippen molar-refractivity contribution in [3.05, 3.63) is 12.7 Å². The number of hydrogen-bond acceptors (Lipinski definition) is 3. The van der Waals surface area contributed by atoms with Crippen molar-refractivity contribution in [1.29, 1.82) is 0 Å². The van der Waals surface area contributed by atoms with Crippen molar-refractivity contribution in [2.24, 2.45) is 11.8 Å². The zero-order chi connectivity index (χ0) is 14.9. The molecular formula is C16H30O3. The zero-order valence-electron chi connectivity index (χ0n) is 12.9. The maximum absolute atomic E-state index is 10.7. The zero-order valence-corrected chi connectivity index (χ0v) is 12.9. The summed E-state index contributed by atoms with van der Waals surface area (Å²) in [6, 6.07) is 0. The minimum atomic E-state index is -0.640. The standard InChI is InChI=1S/C16H30O3/c1-6-7-8-15(16(4,5)18)10-9-13(2)11-12-19-14(3)17/h6,13,15,18H,1,7-12H2,2-5H3. The molecule has 0 saturated heterocycles. The van der Waals surface area contributed by atoms with Crippen LogP contribution in [0.1, 0.15) is 59.8 Å². The van der Waals surface area contributed by atoms with Crippen LogP contribution >= 0.6 is 0 Å². The number of carbonyl (C=O) groups is 1. The fourth-order valence-corrected chi connectivity index (χ4v) is 2.20. The van der Waals surface area contributed by atoms with Gasteiger partial charge in [0.2, 0.25) is 0 Å². The van der Waals surface area contributed by atoms with E-state index in [1.807, 2.05) is 19.9 Å². The third-order valence-electron chi connectivity index (χ3n) is 3.64. The summed E-state index contributed by atoms with van der Waals surface area (Å²) in [5, 5.41) is 10.2. The molecular weight excluding hydrogens is 240 g/mol. The summed E-state index contributed by atoms with van der Waals surface area (Å²) in [6.45, 7) is 11.6. The molecule has 0 aromatic carbocycles. The Morgan fingerprint density at radius 1 is 1.32 bits per heavy atom. The third-order valence-corrected chi connectivity index (χ3v) is 3.64. The Hall–Kier alpha value is -0.830. The maximum atomic E-state index is 10.7. The summed E-state index contributed by atoms with van der Waals surface area (Å²) >= 11 is 0. The van der Waals surface area contributed by atoms with E-state index in [1.54, 1.807) is 0 Å². The van der Waals surface area contributed by atoms with Gasteiger partial charge in [-0.15, -0.1) is 6.58 Å². The van der Waals surface area contributed by atoms with Crippen LogP contribution in [0.2, 0.25) is 0 Å². The van der Waals surface area contributed by atoms with Crippen LogP contribution in [-0.2, 0) is 9.53 Å². The van der Waals surface area contributed by atoms with E-state index in [2.05, 4.69) is 13.5 Å². The number of ether oxygens (including phenoxy) is 1. The number of allylic oxidation sites excluding steroid dienone is 1. The summed E-state index contributed by atoms with van der Waals surface area (Å²) in [4.78, 5) is 10.7. The van der Waals surface area contributed by atoms with Crippen LogP contribution in [-0.4, -0.2) is 23.3 Å². The summed E-state index contributed by atoms with van der Waals surface area (Å²) in [6.07, 6.45) is 6.76. The van der Waals surface area contributed by atoms with Gasteiger partial charge in [0, 0.05) is 6.92 Å². The van der Waals surface area contributed by atoms with E-state index >= 15 is 0 Å². The highest BCUT2D eigenvalue weighted by molar-refractivity contribution is 5.65. The first kappa shape index (κ1) is 18.2. The second-order valence-electron chi connectivity index (χ2n) is 6.03. The van der Waals surface area contributed by atoms with Crippen LogP contribution in [0.25, 0.3) is 0 Å². The lowest BCUT2D eigenvalue weighted by molar-refractivity contribution is -0.141. The van der Waals surface area contributed by atoms with E-state index in [1.165, 1.54) is 6.92 Å². The van der Waals surface area contributed by atoms with Gasteiger partial charge in [-0.25, -0.2) is 0 Å². The molecule has 19 heavy (non-hydrogen) atoms. The van der Waals surface area contributed by atoms with Crippen molar-refractivity contribution in [1.82, 2.24) is 0 Å². The highest BCUT2D eigenvalue weighted by atomic mass is 16.5. The Morgan fingerprint density at radius 3 is 2.42 bits per heavy atom. The number of esters is 1. The topological polar surface area (TPSA) is 46.5 Å². The van der Waals surface area contributed by atoms with Gasteiger partial charge < -0.3 is 9.84 Å². The molecule has 0 heterocycles. The van der Waals surface area contributed by atoms with E-state index in [-0.39, 0.29) is 5.97 Å². The molecule has 3 heteroatoms. The Kier molecular flexibility index (Phi) is 8.73. The average molecular weight is 270 g/mol. The molecule has 1 N–H and O–H groups in total. The first-order chi connectivity index (χ1) is 8.77. The Balaban J connectivity index is 4.02. The smallest absolute Gasteiger partial charge is 0.302 e. The van der Waals surface area contributed by atoms with Gasteiger partial charge in [0.05, 0.1) is 12.2 Å². The van der Waals surface area contributed by atoms with Gasteiger partial charge in [0.25, 0.3) is 0 Å². The minimum Gasteiger partial charge on any atom is -0.466 e. The Morgan fingerprint density at radius 2 is 1.95 bits per heavy atom. The van der Waals surface area contributed by atoms with Gasteiger partial charge >= 0.3 is 5.97 Å². The molecule has 0 bridgehead atoms. The predicted octanol–water partition coefficient (Wildman–Crippen LogP) is 3.71. The second kappa shape index (κ2) is 9.13. The largest absolute Gasteiger partial charge is 0.466 e. The number of rotatable bonds is 10. The van der Waals surface area contributed by atoms with Gasteiger partial charge in [0.15, 0.2) is 0 Å². The van der Waals surface area contributed by atoms with Crippen LogP contribution < -0.4 is 0 Å². The molecule has 0 aliphatic rings. The number of hydrogen-bond donors (Lipinski definition) is 1. The van der Waals surface area contributed by atoms with Crippen molar-refractivity contribution in [2.75, 3.05) is 6.61 Å². The van der Waals surface area contributed by atoms with Gasteiger partial charge in [-0.05, 0) is 51.4 Å². The lowest BCUT2D eigenvalue weighted by atomic mass is 9.81. The molecule has 3 nitrogen and oxygen atoms in total. The lowest BCUT2D eigenvalue weighted by Crippen LogP contribution is -2.31. The van der Waals surface area contributed by atoms with E-state index < -0.39 is 5.60 Å². The molecule has 2 unspecified atom stereocenters. The molecule has 0 aromatic heterocycles. The van der Waals surface area contributed by atoms with E-state index in [0.29, 0.717) is 18.4 Å². The summed E-state index contributed by atoms with van der Waals surface area (Å²) in [5.74, 6) is 0.585. The molecule has 0 rings (SSSR count). The molecule has 2 atom stereocenters. The summed E-state index contributed by atoms with van der Waals surface area (Å²) in [7, 11) is 0. The van der Waals surface area contributed by atoms with Crippen molar-refractivity contribution >= 4 is 5.97 Å². The Bertz CT molecular complexity index is 266. The molecule has 0 radical (unpaired) electrons. The second-order valence-corrected chi connectivity index (χ2v) is 6.03. The van der Waals surface area contributed by atoms with E-state index in [4.69, 9.17) is 4.74 Å². The quantitative estimate of drug-likeness (QED) is 0.486.